The number of carbonyl (C=O) groups is 1. The Bertz CT molecular complexity index is 488. The lowest BCUT2D eigenvalue weighted by molar-refractivity contribution is 0.131. The Kier molecular flexibility index (Phi) is 4.85. The van der Waals surface area contributed by atoms with Crippen LogP contribution in [0.1, 0.15) is 18.1 Å². The van der Waals surface area contributed by atoms with Gasteiger partial charge < -0.3 is 4.74 Å². The third kappa shape index (κ3) is 3.73. The maximum absolute atomic E-state index is 11.7. The molecule has 1 aliphatic rings. The topological polar surface area (TPSA) is 41.9 Å². The molecule has 102 valence electrons. The van der Waals surface area contributed by atoms with E-state index >= 15 is 0 Å². The number of hydrogen-bond donors (Lipinski definition) is 0. The van der Waals surface area contributed by atoms with Crippen molar-refractivity contribution in [1.82, 2.24) is 4.90 Å². The quantitative estimate of drug-likeness (QED) is 0.853. The minimum absolute atomic E-state index is 0.296. The van der Waals surface area contributed by atoms with Crippen molar-refractivity contribution < 1.29 is 9.53 Å². The summed E-state index contributed by atoms with van der Waals surface area (Å²) < 4.78 is 5.02. The summed E-state index contributed by atoms with van der Waals surface area (Å²) in [6, 6.07) is 8.36. The molecular formula is C14H18N2O2S. The zero-order valence-corrected chi connectivity index (χ0v) is 12.1. The number of thioether (sulfide) groups is 1. The number of nitrogens with zero attached hydrogens (tertiary/aromatic N) is 2. The van der Waals surface area contributed by atoms with Gasteiger partial charge in [-0.1, -0.05) is 41.6 Å². The molecule has 1 aromatic carbocycles. The van der Waals surface area contributed by atoms with Crippen molar-refractivity contribution in [2.75, 3.05) is 19.7 Å². The largest absolute Gasteiger partial charge is 0.449 e. The molecule has 0 unspecified atom stereocenters. The van der Waals surface area contributed by atoms with Crippen LogP contribution in [-0.2, 0) is 10.5 Å². The second kappa shape index (κ2) is 6.61. The summed E-state index contributed by atoms with van der Waals surface area (Å²) in [5, 5.41) is 0.764. The van der Waals surface area contributed by atoms with E-state index in [1.165, 1.54) is 11.1 Å². The maximum Gasteiger partial charge on any atom is 0.415 e. The van der Waals surface area contributed by atoms with E-state index in [2.05, 4.69) is 30.1 Å². The van der Waals surface area contributed by atoms with Gasteiger partial charge >= 0.3 is 6.09 Å². The zero-order valence-electron chi connectivity index (χ0n) is 11.3. The second-order valence-electron chi connectivity index (χ2n) is 4.29. The molecule has 0 aliphatic carbocycles. The number of ether oxygens (including phenoxy) is 1. The fourth-order valence-electron chi connectivity index (χ4n) is 1.87. The molecule has 0 radical (unpaired) electrons. The van der Waals surface area contributed by atoms with Crippen LogP contribution in [0, 0.1) is 6.92 Å². The molecule has 1 amide bonds. The molecule has 0 N–H and O–H groups in total. The number of amidine groups is 1. The van der Waals surface area contributed by atoms with Crippen molar-refractivity contribution in [3.05, 3.63) is 35.4 Å². The number of benzene rings is 1. The smallest absolute Gasteiger partial charge is 0.415 e. The first-order chi connectivity index (χ1) is 9.20. The third-order valence-corrected chi connectivity index (χ3v) is 3.83. The summed E-state index contributed by atoms with van der Waals surface area (Å²) in [6.45, 7) is 5.56. The van der Waals surface area contributed by atoms with Crippen LogP contribution in [0.5, 0.6) is 0 Å². The zero-order chi connectivity index (χ0) is 13.7. The minimum atomic E-state index is -0.296. The SMILES string of the molecule is CCOC(=O)N1CCN=C1SCc1cccc(C)c1. The summed E-state index contributed by atoms with van der Waals surface area (Å²) >= 11 is 1.58. The van der Waals surface area contributed by atoms with Gasteiger partial charge in [0, 0.05) is 5.75 Å². The lowest BCUT2D eigenvalue weighted by atomic mass is 10.2. The highest BCUT2D eigenvalue weighted by molar-refractivity contribution is 8.13. The van der Waals surface area contributed by atoms with Crippen molar-refractivity contribution >= 4 is 23.0 Å². The summed E-state index contributed by atoms with van der Waals surface area (Å²) in [4.78, 5) is 17.7. The summed E-state index contributed by atoms with van der Waals surface area (Å²) in [5.74, 6) is 0.816. The Hall–Kier alpha value is -1.49. The van der Waals surface area contributed by atoms with Crippen LogP contribution in [0.15, 0.2) is 29.3 Å². The van der Waals surface area contributed by atoms with Gasteiger partial charge in [-0.2, -0.15) is 0 Å². The van der Waals surface area contributed by atoms with Gasteiger partial charge in [-0.05, 0) is 19.4 Å². The molecule has 0 spiro atoms. The predicted octanol–water partition coefficient (Wildman–Crippen LogP) is 3.06. The number of amides is 1. The van der Waals surface area contributed by atoms with Gasteiger partial charge in [-0.3, -0.25) is 9.89 Å². The minimum Gasteiger partial charge on any atom is -0.449 e. The van der Waals surface area contributed by atoms with E-state index in [0.717, 1.165) is 10.9 Å². The van der Waals surface area contributed by atoms with Crippen LogP contribution < -0.4 is 0 Å². The van der Waals surface area contributed by atoms with E-state index in [9.17, 15) is 4.79 Å². The van der Waals surface area contributed by atoms with Gasteiger partial charge in [0.15, 0.2) is 5.17 Å². The van der Waals surface area contributed by atoms with E-state index in [1.54, 1.807) is 16.7 Å². The van der Waals surface area contributed by atoms with Crippen molar-refractivity contribution in [1.29, 1.82) is 0 Å². The van der Waals surface area contributed by atoms with E-state index in [-0.39, 0.29) is 6.09 Å². The molecule has 1 aromatic rings. The highest BCUT2D eigenvalue weighted by atomic mass is 32.2. The lowest BCUT2D eigenvalue weighted by Crippen LogP contribution is -2.33. The van der Waals surface area contributed by atoms with Crippen molar-refractivity contribution in [2.24, 2.45) is 4.99 Å². The highest BCUT2D eigenvalue weighted by Crippen LogP contribution is 2.20. The molecule has 4 nitrogen and oxygen atoms in total. The fraction of sp³-hybridized carbons (Fsp3) is 0.429. The highest BCUT2D eigenvalue weighted by Gasteiger charge is 2.24. The molecule has 0 atom stereocenters. The van der Waals surface area contributed by atoms with Crippen LogP contribution in [0.2, 0.25) is 0 Å². The van der Waals surface area contributed by atoms with E-state index < -0.39 is 0 Å². The van der Waals surface area contributed by atoms with Gasteiger partial charge in [0.2, 0.25) is 0 Å². The lowest BCUT2D eigenvalue weighted by Gasteiger charge is -2.16. The summed E-state index contributed by atoms with van der Waals surface area (Å²) in [5.41, 5.74) is 2.48. The van der Waals surface area contributed by atoms with Crippen LogP contribution in [0.4, 0.5) is 4.79 Å². The molecule has 1 aliphatic heterocycles. The van der Waals surface area contributed by atoms with E-state index in [1.807, 2.05) is 13.0 Å². The first-order valence-corrected chi connectivity index (χ1v) is 7.36. The van der Waals surface area contributed by atoms with E-state index in [0.29, 0.717) is 19.7 Å². The van der Waals surface area contributed by atoms with Gasteiger partial charge in [0.1, 0.15) is 0 Å². The van der Waals surface area contributed by atoms with Crippen LogP contribution >= 0.6 is 11.8 Å². The Morgan fingerprint density at radius 2 is 2.37 bits per heavy atom. The van der Waals surface area contributed by atoms with Crippen molar-refractivity contribution in [2.45, 2.75) is 19.6 Å². The average Bonchev–Trinajstić information content (AvgIpc) is 2.85. The van der Waals surface area contributed by atoms with Crippen LogP contribution in [0.25, 0.3) is 0 Å². The van der Waals surface area contributed by atoms with Crippen molar-refractivity contribution in [3.8, 4) is 0 Å². The van der Waals surface area contributed by atoms with Crippen LogP contribution in [-0.4, -0.2) is 35.9 Å². The van der Waals surface area contributed by atoms with Crippen LogP contribution in [0.3, 0.4) is 0 Å². The van der Waals surface area contributed by atoms with Gasteiger partial charge in [0.25, 0.3) is 0 Å². The Labute approximate surface area is 117 Å². The second-order valence-corrected chi connectivity index (χ2v) is 5.24. The first kappa shape index (κ1) is 13.9. The monoisotopic (exact) mass is 278 g/mol. The number of rotatable bonds is 3. The molecule has 5 heteroatoms. The number of hydrogen-bond acceptors (Lipinski definition) is 4. The molecule has 0 fully saturated rings. The van der Waals surface area contributed by atoms with Crippen molar-refractivity contribution in [3.63, 3.8) is 0 Å². The predicted molar refractivity (Wildman–Crippen MR) is 78.5 cm³/mol. The molecule has 0 saturated heterocycles. The Morgan fingerprint density at radius 1 is 1.53 bits per heavy atom. The Balaban J connectivity index is 1.93. The molecule has 2 rings (SSSR count). The molecule has 0 bridgehead atoms. The number of aliphatic imine (C=N–C) groups is 1. The number of aryl methyl sites for hydroxylation is 1. The molecule has 1 heterocycles. The average molecular weight is 278 g/mol. The fourth-order valence-corrected chi connectivity index (χ4v) is 2.85. The standard InChI is InChI=1S/C14H18N2O2S/c1-3-18-14(17)16-8-7-15-13(16)19-10-12-6-4-5-11(2)9-12/h4-6,9H,3,7-8,10H2,1-2H3. The Morgan fingerprint density at radius 3 is 3.11 bits per heavy atom. The van der Waals surface area contributed by atoms with Gasteiger partial charge in [-0.15, -0.1) is 0 Å². The molecular weight excluding hydrogens is 260 g/mol. The molecule has 0 aromatic heterocycles. The first-order valence-electron chi connectivity index (χ1n) is 6.38. The maximum atomic E-state index is 11.7. The summed E-state index contributed by atoms with van der Waals surface area (Å²) in [6.07, 6.45) is -0.296. The molecule has 0 saturated carbocycles. The van der Waals surface area contributed by atoms with E-state index in [4.69, 9.17) is 4.74 Å². The normalized spacial score (nSPS) is 14.4. The third-order valence-electron chi connectivity index (χ3n) is 2.74. The number of carbonyl (C=O) groups excluding carboxylic acids is 1. The van der Waals surface area contributed by atoms with Gasteiger partial charge in [0.05, 0.1) is 19.7 Å². The summed E-state index contributed by atoms with van der Waals surface area (Å²) in [7, 11) is 0. The molecule has 19 heavy (non-hydrogen) atoms. The van der Waals surface area contributed by atoms with Gasteiger partial charge in [-0.25, -0.2) is 4.79 Å².